The Kier molecular flexibility index (Phi) is 8.31. The molecular weight excluding hydrogens is 268 g/mol. The highest BCUT2D eigenvalue weighted by molar-refractivity contribution is 5.83. The van der Waals surface area contributed by atoms with Crippen LogP contribution < -0.4 is 10.6 Å². The minimum Gasteiger partial charge on any atom is -0.387 e. The molecule has 0 spiro atoms. The summed E-state index contributed by atoms with van der Waals surface area (Å²) in [5.41, 5.74) is 0. The van der Waals surface area contributed by atoms with Crippen molar-refractivity contribution in [1.82, 2.24) is 10.6 Å². The van der Waals surface area contributed by atoms with Crippen molar-refractivity contribution in [3.8, 4) is 0 Å². The van der Waals surface area contributed by atoms with Gasteiger partial charge in [0.1, 0.15) is 12.2 Å². The lowest BCUT2D eigenvalue weighted by atomic mass is 10.0. The van der Waals surface area contributed by atoms with Crippen LogP contribution in [0.25, 0.3) is 0 Å². The van der Waals surface area contributed by atoms with Crippen molar-refractivity contribution >= 4 is 11.8 Å². The van der Waals surface area contributed by atoms with Gasteiger partial charge in [0, 0.05) is 12.6 Å². The fourth-order valence-electron chi connectivity index (χ4n) is 1.41. The Balaban J connectivity index is 4.54. The van der Waals surface area contributed by atoms with Crippen molar-refractivity contribution in [2.24, 2.45) is 0 Å². The van der Waals surface area contributed by atoms with Crippen LogP contribution in [0.15, 0.2) is 0 Å². The first kappa shape index (κ1) is 18.8. The second-order valence-electron chi connectivity index (χ2n) is 4.83. The fraction of sp³-hybridized carbons (Fsp3) is 0.833. The van der Waals surface area contributed by atoms with Gasteiger partial charge in [-0.2, -0.15) is 0 Å². The molecule has 0 aliphatic carbocycles. The Hall–Kier alpha value is -1.22. The zero-order valence-corrected chi connectivity index (χ0v) is 11.9. The molecule has 8 nitrogen and oxygen atoms in total. The number of carbonyl (C=O) groups is 2. The van der Waals surface area contributed by atoms with Crippen molar-refractivity contribution in [3.63, 3.8) is 0 Å². The average molecular weight is 292 g/mol. The van der Waals surface area contributed by atoms with E-state index in [0.29, 0.717) is 13.0 Å². The molecule has 8 heteroatoms. The largest absolute Gasteiger partial charge is 0.387 e. The number of carbonyl (C=O) groups excluding carboxylic acids is 2. The fourth-order valence-corrected chi connectivity index (χ4v) is 1.41. The van der Waals surface area contributed by atoms with Crippen molar-refractivity contribution in [2.75, 3.05) is 6.54 Å². The summed E-state index contributed by atoms with van der Waals surface area (Å²) in [5, 5.41) is 43.0. The van der Waals surface area contributed by atoms with Crippen LogP contribution in [0, 0.1) is 0 Å². The average Bonchev–Trinajstić information content (AvgIpc) is 2.40. The molecule has 20 heavy (non-hydrogen) atoms. The van der Waals surface area contributed by atoms with E-state index in [-0.39, 0.29) is 6.04 Å². The molecule has 0 aliphatic heterocycles. The molecule has 0 rings (SSSR count). The van der Waals surface area contributed by atoms with Gasteiger partial charge in [-0.3, -0.25) is 9.59 Å². The number of nitrogens with one attached hydrogen (secondary N) is 2. The summed E-state index contributed by atoms with van der Waals surface area (Å²) in [6, 6.07) is -0.265. The lowest BCUT2D eigenvalue weighted by Crippen LogP contribution is -2.55. The Morgan fingerprint density at radius 1 is 0.950 bits per heavy atom. The van der Waals surface area contributed by atoms with E-state index in [1.807, 2.05) is 0 Å². The summed E-state index contributed by atoms with van der Waals surface area (Å²) in [4.78, 5) is 22.9. The van der Waals surface area contributed by atoms with E-state index in [1.165, 1.54) is 0 Å². The number of amides is 2. The number of hydrogen-bond donors (Lipinski definition) is 6. The highest BCUT2D eigenvalue weighted by atomic mass is 16.4. The highest BCUT2D eigenvalue weighted by Gasteiger charge is 2.37. The quantitative estimate of drug-likeness (QED) is 0.292. The number of aliphatic hydroxyl groups is 4. The first-order valence-electron chi connectivity index (χ1n) is 6.52. The topological polar surface area (TPSA) is 139 Å². The predicted octanol–water partition coefficient (Wildman–Crippen LogP) is -2.52. The van der Waals surface area contributed by atoms with E-state index < -0.39 is 36.2 Å². The van der Waals surface area contributed by atoms with Gasteiger partial charge < -0.3 is 31.1 Å². The molecule has 0 heterocycles. The smallest absolute Gasteiger partial charge is 0.251 e. The van der Waals surface area contributed by atoms with E-state index in [2.05, 4.69) is 10.6 Å². The van der Waals surface area contributed by atoms with Crippen molar-refractivity contribution in [1.29, 1.82) is 0 Å². The van der Waals surface area contributed by atoms with E-state index in [0.717, 1.165) is 0 Å². The Morgan fingerprint density at radius 3 is 1.80 bits per heavy atom. The van der Waals surface area contributed by atoms with Gasteiger partial charge >= 0.3 is 0 Å². The Bertz CT molecular complexity index is 323. The van der Waals surface area contributed by atoms with Gasteiger partial charge in [0.05, 0.1) is 0 Å². The van der Waals surface area contributed by atoms with Gasteiger partial charge in [-0.05, 0) is 20.3 Å². The molecule has 0 aromatic rings. The lowest BCUT2D eigenvalue weighted by molar-refractivity contribution is -0.155. The van der Waals surface area contributed by atoms with E-state index in [1.54, 1.807) is 20.8 Å². The molecule has 6 N–H and O–H groups in total. The molecule has 0 aliphatic rings. The van der Waals surface area contributed by atoms with Crippen LogP contribution in [0.4, 0.5) is 0 Å². The third-order valence-corrected chi connectivity index (χ3v) is 2.51. The van der Waals surface area contributed by atoms with Crippen LogP contribution in [0.3, 0.4) is 0 Å². The normalized spacial score (nSPS) is 17.2. The zero-order valence-electron chi connectivity index (χ0n) is 11.9. The maximum atomic E-state index is 11.4. The standard InChI is InChI=1S/C12H24N2O6/c1-4-5-13-11(19)9(17)7(15)8(16)10(18)12(20)14-6(2)3/h6-10,15-18H,4-5H2,1-3H3,(H,13,19)(H,14,20)/t7-,8+,9+,10-/m1/s1. The van der Waals surface area contributed by atoms with Crippen LogP contribution in [0.5, 0.6) is 0 Å². The maximum Gasteiger partial charge on any atom is 0.251 e. The third-order valence-electron chi connectivity index (χ3n) is 2.51. The summed E-state index contributed by atoms with van der Waals surface area (Å²) < 4.78 is 0. The van der Waals surface area contributed by atoms with Gasteiger partial charge in [-0.25, -0.2) is 0 Å². The number of aliphatic hydroxyl groups excluding tert-OH is 4. The summed E-state index contributed by atoms with van der Waals surface area (Å²) in [6.07, 6.45) is -7.19. The van der Waals surface area contributed by atoms with Gasteiger partial charge in [0.2, 0.25) is 0 Å². The monoisotopic (exact) mass is 292 g/mol. The summed E-state index contributed by atoms with van der Waals surface area (Å²) in [6.45, 7) is 5.41. The van der Waals surface area contributed by atoms with Gasteiger partial charge in [-0.1, -0.05) is 6.92 Å². The minimum atomic E-state index is -1.98. The van der Waals surface area contributed by atoms with E-state index in [4.69, 9.17) is 0 Å². The minimum absolute atomic E-state index is 0.265. The number of hydrogen-bond acceptors (Lipinski definition) is 6. The van der Waals surface area contributed by atoms with Crippen LogP contribution in [0.2, 0.25) is 0 Å². The SMILES string of the molecule is CCCNC(=O)[C@@H](O)[C@H](O)[C@H](O)[C@@H](O)C(=O)NC(C)C. The molecule has 0 aromatic carbocycles. The lowest BCUT2D eigenvalue weighted by Gasteiger charge is -2.25. The zero-order chi connectivity index (χ0) is 15.9. The van der Waals surface area contributed by atoms with Crippen molar-refractivity contribution < 1.29 is 30.0 Å². The van der Waals surface area contributed by atoms with Crippen molar-refractivity contribution in [2.45, 2.75) is 57.6 Å². The summed E-state index contributed by atoms with van der Waals surface area (Å²) in [5.74, 6) is -1.78. The molecule has 0 bridgehead atoms. The van der Waals surface area contributed by atoms with Crippen LogP contribution in [-0.4, -0.2) is 69.2 Å². The third kappa shape index (κ3) is 5.83. The molecule has 0 radical (unpaired) electrons. The van der Waals surface area contributed by atoms with Gasteiger partial charge in [0.15, 0.2) is 12.2 Å². The maximum absolute atomic E-state index is 11.4. The van der Waals surface area contributed by atoms with E-state index in [9.17, 15) is 30.0 Å². The molecule has 118 valence electrons. The van der Waals surface area contributed by atoms with Crippen LogP contribution in [0.1, 0.15) is 27.2 Å². The first-order chi connectivity index (χ1) is 9.22. The Labute approximate surface area is 117 Å². The molecule has 0 fully saturated rings. The highest BCUT2D eigenvalue weighted by Crippen LogP contribution is 2.06. The summed E-state index contributed by atoms with van der Waals surface area (Å²) >= 11 is 0. The van der Waals surface area contributed by atoms with Crippen molar-refractivity contribution in [3.05, 3.63) is 0 Å². The molecule has 0 unspecified atom stereocenters. The molecule has 0 aromatic heterocycles. The van der Waals surface area contributed by atoms with Gasteiger partial charge in [-0.15, -0.1) is 0 Å². The van der Waals surface area contributed by atoms with E-state index >= 15 is 0 Å². The molecule has 0 saturated heterocycles. The van der Waals surface area contributed by atoms with Gasteiger partial charge in [0.25, 0.3) is 11.8 Å². The number of rotatable bonds is 8. The van der Waals surface area contributed by atoms with Crippen LogP contribution >= 0.6 is 0 Å². The molecular formula is C12H24N2O6. The second-order valence-corrected chi connectivity index (χ2v) is 4.83. The predicted molar refractivity (Wildman–Crippen MR) is 70.6 cm³/mol. The first-order valence-corrected chi connectivity index (χ1v) is 6.52. The second kappa shape index (κ2) is 8.85. The molecule has 4 atom stereocenters. The summed E-state index contributed by atoms with van der Waals surface area (Å²) in [7, 11) is 0. The van der Waals surface area contributed by atoms with Crippen LogP contribution in [-0.2, 0) is 9.59 Å². The molecule has 0 saturated carbocycles. The molecule has 2 amide bonds. The Morgan fingerprint density at radius 2 is 1.40 bits per heavy atom.